The molecule has 12 heteroatoms. The zero-order valence-electron chi connectivity index (χ0n) is 16.2. The number of benzene rings is 1. The number of nitrogens with one attached hydrogen (secondary N) is 4. The number of aromatic nitrogens is 2. The quantitative estimate of drug-likeness (QED) is 0.315. The first-order valence-electron chi connectivity index (χ1n) is 8.96. The van der Waals surface area contributed by atoms with Crippen LogP contribution in [0.2, 0.25) is 0 Å². The Bertz CT molecular complexity index is 1120. The molecule has 3 aromatic rings. The molecule has 2 amide bonds. The molecule has 0 saturated heterocycles. The lowest BCUT2D eigenvalue weighted by atomic mass is 10.1. The van der Waals surface area contributed by atoms with Crippen LogP contribution in [0, 0.1) is 0 Å². The van der Waals surface area contributed by atoms with Gasteiger partial charge in [0.25, 0.3) is 11.8 Å². The summed E-state index contributed by atoms with van der Waals surface area (Å²) < 4.78 is 0. The van der Waals surface area contributed by atoms with E-state index >= 15 is 0 Å². The van der Waals surface area contributed by atoms with Crippen molar-refractivity contribution in [2.75, 3.05) is 10.6 Å². The number of nitrogens with zero attached hydrogens (tertiary/aromatic N) is 2. The van der Waals surface area contributed by atoms with E-state index in [1.807, 2.05) is 0 Å². The summed E-state index contributed by atoms with van der Waals surface area (Å²) in [6.07, 6.45) is 2.90. The first-order valence-corrected chi connectivity index (χ1v) is 9.78. The minimum Gasteiger partial charge on any atom is -0.504 e. The van der Waals surface area contributed by atoms with Gasteiger partial charge in [-0.15, -0.1) is 0 Å². The molecule has 0 aliphatic rings. The van der Waals surface area contributed by atoms with Crippen LogP contribution >= 0.6 is 24.4 Å². The zero-order valence-corrected chi connectivity index (χ0v) is 17.8. The predicted octanol–water partition coefficient (Wildman–Crippen LogP) is 2.14. The second-order valence-electron chi connectivity index (χ2n) is 6.14. The molecule has 0 atom stereocenters. The Morgan fingerprint density at radius 1 is 0.719 bits per heavy atom. The fraction of sp³-hybridized carbons (Fsp3) is 0. The number of carbonyl (C=O) groups excluding carboxylic acids is 2. The molecular formula is C20H16N6O4S2. The number of hydrogen-bond donors (Lipinski definition) is 6. The molecular weight excluding hydrogens is 452 g/mol. The minimum atomic E-state index is -0.577. The maximum absolute atomic E-state index is 12.5. The molecule has 1 aromatic carbocycles. The minimum absolute atomic E-state index is 0.0839. The van der Waals surface area contributed by atoms with Crippen LogP contribution in [0.15, 0.2) is 60.9 Å². The SMILES string of the molecule is O=C(NC(=S)Nc1ncccc1O)c1cccc(C(=O)NC(=S)Nc2ncccc2O)c1. The third-order valence-corrected chi connectivity index (χ3v) is 4.29. The van der Waals surface area contributed by atoms with Gasteiger partial charge in [-0.05, 0) is 66.9 Å². The maximum Gasteiger partial charge on any atom is 0.257 e. The van der Waals surface area contributed by atoms with E-state index in [9.17, 15) is 19.8 Å². The number of thiocarbonyl (C=S) groups is 2. The first-order chi connectivity index (χ1) is 15.3. The van der Waals surface area contributed by atoms with Gasteiger partial charge in [0.1, 0.15) is 0 Å². The van der Waals surface area contributed by atoms with Crippen LogP contribution < -0.4 is 21.3 Å². The Kier molecular flexibility index (Phi) is 7.21. The van der Waals surface area contributed by atoms with Crippen LogP contribution in [0.3, 0.4) is 0 Å². The summed E-state index contributed by atoms with van der Waals surface area (Å²) >= 11 is 10.1. The van der Waals surface area contributed by atoms with Crippen LogP contribution in [0.5, 0.6) is 11.5 Å². The van der Waals surface area contributed by atoms with Crippen molar-refractivity contribution in [1.82, 2.24) is 20.6 Å². The van der Waals surface area contributed by atoms with Crippen molar-refractivity contribution < 1.29 is 19.8 Å². The number of amides is 2. The highest BCUT2D eigenvalue weighted by molar-refractivity contribution is 7.80. The van der Waals surface area contributed by atoms with Crippen molar-refractivity contribution in [3.05, 3.63) is 72.1 Å². The lowest BCUT2D eigenvalue weighted by Crippen LogP contribution is -2.35. The van der Waals surface area contributed by atoms with Gasteiger partial charge in [-0.2, -0.15) is 0 Å². The van der Waals surface area contributed by atoms with Crippen LogP contribution in [-0.2, 0) is 0 Å². The summed E-state index contributed by atoms with van der Waals surface area (Å²) in [7, 11) is 0. The molecule has 2 aromatic heterocycles. The number of hydrogen-bond acceptors (Lipinski definition) is 8. The number of pyridine rings is 2. The van der Waals surface area contributed by atoms with E-state index in [1.54, 1.807) is 12.1 Å². The number of anilines is 2. The largest absolute Gasteiger partial charge is 0.504 e. The van der Waals surface area contributed by atoms with Gasteiger partial charge in [-0.1, -0.05) is 6.07 Å². The van der Waals surface area contributed by atoms with Crippen LogP contribution in [-0.4, -0.2) is 42.2 Å². The van der Waals surface area contributed by atoms with E-state index in [1.165, 1.54) is 48.8 Å². The van der Waals surface area contributed by atoms with Crippen molar-refractivity contribution in [2.24, 2.45) is 0 Å². The number of aromatic hydroxyl groups is 2. The highest BCUT2D eigenvalue weighted by atomic mass is 32.1. The second-order valence-corrected chi connectivity index (χ2v) is 6.96. The van der Waals surface area contributed by atoms with E-state index in [0.29, 0.717) is 0 Å². The summed E-state index contributed by atoms with van der Waals surface area (Å²) in [5.41, 5.74) is 0.321. The fourth-order valence-electron chi connectivity index (χ4n) is 2.42. The Morgan fingerprint density at radius 3 is 1.56 bits per heavy atom. The number of rotatable bonds is 4. The molecule has 6 N–H and O–H groups in total. The van der Waals surface area contributed by atoms with Crippen molar-refractivity contribution in [3.8, 4) is 11.5 Å². The van der Waals surface area contributed by atoms with E-state index in [-0.39, 0.29) is 44.5 Å². The normalized spacial score (nSPS) is 10.0. The molecule has 0 bridgehead atoms. The molecule has 2 heterocycles. The van der Waals surface area contributed by atoms with Crippen molar-refractivity contribution in [1.29, 1.82) is 0 Å². The van der Waals surface area contributed by atoms with Gasteiger partial charge in [-0.25, -0.2) is 9.97 Å². The topological polar surface area (TPSA) is 148 Å². The predicted molar refractivity (Wildman–Crippen MR) is 126 cm³/mol. The first kappa shape index (κ1) is 22.5. The van der Waals surface area contributed by atoms with Gasteiger partial charge in [-0.3, -0.25) is 20.2 Å². The average Bonchev–Trinajstić information content (AvgIpc) is 2.77. The molecule has 32 heavy (non-hydrogen) atoms. The van der Waals surface area contributed by atoms with Crippen LogP contribution in [0.4, 0.5) is 11.6 Å². The van der Waals surface area contributed by atoms with Gasteiger partial charge >= 0.3 is 0 Å². The summed E-state index contributed by atoms with van der Waals surface area (Å²) in [4.78, 5) is 32.8. The van der Waals surface area contributed by atoms with Gasteiger partial charge in [0.15, 0.2) is 33.4 Å². The Morgan fingerprint density at radius 2 is 1.16 bits per heavy atom. The lowest BCUT2D eigenvalue weighted by molar-refractivity contribution is 0.0976. The van der Waals surface area contributed by atoms with Crippen molar-refractivity contribution >= 4 is 58.1 Å². The summed E-state index contributed by atoms with van der Waals surface area (Å²) in [6, 6.07) is 11.8. The van der Waals surface area contributed by atoms with Crippen molar-refractivity contribution in [2.45, 2.75) is 0 Å². The molecule has 0 saturated carbocycles. The third-order valence-electron chi connectivity index (χ3n) is 3.88. The standard InChI is InChI=1S/C20H16N6O4S2/c27-13-6-2-8-21-15(13)23-19(31)25-17(29)11-4-1-5-12(10-11)18(30)26-20(32)24-16-14(28)7-3-9-22-16/h1-10,27-28H,(H2,21,23,25,29,31)(H2,22,24,26,30,32). The molecule has 3 rings (SSSR count). The fourth-order valence-corrected chi connectivity index (χ4v) is 2.79. The van der Waals surface area contributed by atoms with E-state index in [2.05, 4.69) is 31.2 Å². The molecule has 0 spiro atoms. The summed E-state index contributed by atoms with van der Waals surface area (Å²) in [6.45, 7) is 0. The van der Waals surface area contributed by atoms with Gasteiger partial charge in [0.2, 0.25) is 0 Å². The van der Waals surface area contributed by atoms with Gasteiger partial charge in [0, 0.05) is 23.5 Å². The Hall–Kier alpha value is -4.16. The molecule has 0 fully saturated rings. The van der Waals surface area contributed by atoms with Gasteiger partial charge in [0.05, 0.1) is 0 Å². The molecule has 0 aliphatic carbocycles. The Labute approximate surface area is 192 Å². The van der Waals surface area contributed by atoms with E-state index in [0.717, 1.165) is 0 Å². The molecule has 0 radical (unpaired) electrons. The third kappa shape index (κ3) is 5.93. The smallest absolute Gasteiger partial charge is 0.257 e. The molecule has 162 valence electrons. The van der Waals surface area contributed by atoms with Crippen molar-refractivity contribution in [3.63, 3.8) is 0 Å². The summed E-state index contributed by atoms with van der Waals surface area (Å²) in [5, 5.41) is 29.4. The van der Waals surface area contributed by atoms with E-state index < -0.39 is 11.8 Å². The highest BCUT2D eigenvalue weighted by Gasteiger charge is 2.14. The molecule has 0 aliphatic heterocycles. The maximum atomic E-state index is 12.5. The zero-order chi connectivity index (χ0) is 23.1. The van der Waals surface area contributed by atoms with E-state index in [4.69, 9.17) is 24.4 Å². The molecule has 0 unspecified atom stereocenters. The Balaban J connectivity index is 1.61. The van der Waals surface area contributed by atoms with Crippen LogP contribution in [0.1, 0.15) is 20.7 Å². The highest BCUT2D eigenvalue weighted by Crippen LogP contribution is 2.19. The lowest BCUT2D eigenvalue weighted by Gasteiger charge is -2.11. The van der Waals surface area contributed by atoms with Gasteiger partial charge < -0.3 is 20.8 Å². The number of carbonyl (C=O) groups is 2. The summed E-state index contributed by atoms with van der Waals surface area (Å²) in [5.74, 6) is -1.24. The molecule has 10 nitrogen and oxygen atoms in total. The average molecular weight is 469 g/mol. The second kappa shape index (κ2) is 10.2. The van der Waals surface area contributed by atoms with Crippen LogP contribution in [0.25, 0.3) is 0 Å². The monoisotopic (exact) mass is 468 g/mol.